The zero-order valence-electron chi connectivity index (χ0n) is 14.2. The number of nitrogens with one attached hydrogen (secondary N) is 1. The molecule has 2 heterocycles. The number of rotatable bonds is 7. The highest BCUT2D eigenvalue weighted by Crippen LogP contribution is 2.23. The smallest absolute Gasteiger partial charge is 0.225 e. The fourth-order valence-corrected chi connectivity index (χ4v) is 3.47. The molecule has 5 nitrogen and oxygen atoms in total. The zero-order chi connectivity index (χ0) is 18.5. The van der Waals surface area contributed by atoms with E-state index in [-0.39, 0.29) is 18.4 Å². The van der Waals surface area contributed by atoms with Crippen molar-refractivity contribution in [3.05, 3.63) is 64.0 Å². The van der Waals surface area contributed by atoms with Crippen LogP contribution in [-0.4, -0.2) is 32.5 Å². The van der Waals surface area contributed by atoms with Crippen LogP contribution < -0.4 is 5.32 Å². The molecular formula is C18H18Cl2N4OS. The number of fused-ring (bicyclic) bond motifs is 1. The molecule has 0 aliphatic heterocycles. The predicted molar refractivity (Wildman–Crippen MR) is 107 cm³/mol. The Hall–Kier alpha value is -1.76. The number of nitrogens with zero attached hydrogens (tertiary/aromatic N) is 3. The summed E-state index contributed by atoms with van der Waals surface area (Å²) in [7, 11) is 0. The van der Waals surface area contributed by atoms with E-state index < -0.39 is 0 Å². The first-order valence-corrected chi connectivity index (χ1v) is 10.3. The Morgan fingerprint density at radius 1 is 1.23 bits per heavy atom. The summed E-state index contributed by atoms with van der Waals surface area (Å²) in [5, 5.41) is 12.5. The number of halogens is 2. The molecule has 0 saturated carbocycles. The predicted octanol–water partition coefficient (Wildman–Crippen LogP) is 4.19. The molecular weight excluding hydrogens is 391 g/mol. The summed E-state index contributed by atoms with van der Waals surface area (Å²) in [6.45, 7) is 0. The van der Waals surface area contributed by atoms with Crippen LogP contribution in [-0.2, 0) is 11.2 Å². The first-order valence-electron chi connectivity index (χ1n) is 8.10. The van der Waals surface area contributed by atoms with Gasteiger partial charge in [-0.1, -0.05) is 35.3 Å². The van der Waals surface area contributed by atoms with Crippen LogP contribution >= 0.6 is 35.0 Å². The van der Waals surface area contributed by atoms with E-state index in [0.29, 0.717) is 10.0 Å². The molecule has 0 fully saturated rings. The van der Waals surface area contributed by atoms with Crippen molar-refractivity contribution in [3.63, 3.8) is 0 Å². The molecule has 8 heteroatoms. The molecule has 1 amide bonds. The normalized spacial score (nSPS) is 12.3. The van der Waals surface area contributed by atoms with Gasteiger partial charge in [0, 0.05) is 6.20 Å². The van der Waals surface area contributed by atoms with Crippen molar-refractivity contribution in [2.45, 2.75) is 18.9 Å². The third-order valence-electron chi connectivity index (χ3n) is 3.95. The van der Waals surface area contributed by atoms with Gasteiger partial charge in [0.2, 0.25) is 5.91 Å². The molecule has 0 saturated heterocycles. The van der Waals surface area contributed by atoms with Crippen molar-refractivity contribution in [2.24, 2.45) is 0 Å². The van der Waals surface area contributed by atoms with E-state index in [1.54, 1.807) is 30.0 Å². The number of pyridine rings is 1. The van der Waals surface area contributed by atoms with Crippen molar-refractivity contribution in [1.82, 2.24) is 19.9 Å². The van der Waals surface area contributed by atoms with Gasteiger partial charge in [-0.15, -0.1) is 10.2 Å². The highest BCUT2D eigenvalue weighted by Gasteiger charge is 2.20. The number of hydrogen-bond donors (Lipinski definition) is 1. The van der Waals surface area contributed by atoms with Gasteiger partial charge in [0.25, 0.3) is 0 Å². The Morgan fingerprint density at radius 2 is 2.08 bits per heavy atom. The molecule has 136 valence electrons. The molecule has 1 aromatic carbocycles. The molecule has 0 radical (unpaired) electrons. The van der Waals surface area contributed by atoms with Crippen molar-refractivity contribution in [1.29, 1.82) is 0 Å². The molecule has 2 aromatic heterocycles. The summed E-state index contributed by atoms with van der Waals surface area (Å²) in [4.78, 5) is 12.6. The molecule has 0 bridgehead atoms. The lowest BCUT2D eigenvalue weighted by Gasteiger charge is -2.17. The second kappa shape index (κ2) is 8.75. The topological polar surface area (TPSA) is 59.3 Å². The van der Waals surface area contributed by atoms with Gasteiger partial charge in [0.15, 0.2) is 11.5 Å². The minimum absolute atomic E-state index is 0.0952. The number of carbonyl (C=O) groups excluding carboxylic acids is 1. The van der Waals surface area contributed by atoms with E-state index in [2.05, 4.69) is 15.5 Å². The Labute approximate surface area is 166 Å². The summed E-state index contributed by atoms with van der Waals surface area (Å²) in [5.74, 6) is 1.54. The van der Waals surface area contributed by atoms with Crippen LogP contribution in [0.25, 0.3) is 5.65 Å². The first kappa shape index (κ1) is 19.0. The van der Waals surface area contributed by atoms with Gasteiger partial charge in [-0.25, -0.2) is 0 Å². The fourth-order valence-electron chi connectivity index (χ4n) is 2.68. The van der Waals surface area contributed by atoms with Gasteiger partial charge in [-0.2, -0.15) is 11.8 Å². The molecule has 0 aliphatic carbocycles. The Bertz CT molecular complexity index is 915. The molecule has 3 aromatic rings. The second-order valence-corrected chi connectivity index (χ2v) is 7.61. The van der Waals surface area contributed by atoms with Gasteiger partial charge in [-0.3, -0.25) is 9.20 Å². The fraction of sp³-hybridized carbons (Fsp3) is 0.278. The van der Waals surface area contributed by atoms with Crippen molar-refractivity contribution < 1.29 is 4.79 Å². The number of hydrogen-bond acceptors (Lipinski definition) is 4. The molecule has 1 N–H and O–H groups in total. The second-order valence-electron chi connectivity index (χ2n) is 5.81. The SMILES string of the molecule is CSCCC(NC(=O)Cc1ccc(Cl)c(Cl)c1)c1nnc2ccccn12. The van der Waals surface area contributed by atoms with Crippen LogP contribution in [0.4, 0.5) is 0 Å². The Morgan fingerprint density at radius 3 is 2.85 bits per heavy atom. The zero-order valence-corrected chi connectivity index (χ0v) is 16.5. The summed E-state index contributed by atoms with van der Waals surface area (Å²) >= 11 is 13.7. The Kier molecular flexibility index (Phi) is 6.40. The van der Waals surface area contributed by atoms with Crippen LogP contribution in [0, 0.1) is 0 Å². The van der Waals surface area contributed by atoms with Gasteiger partial charge in [0.1, 0.15) is 0 Å². The molecule has 0 spiro atoms. The number of amides is 1. The van der Waals surface area contributed by atoms with Crippen molar-refractivity contribution in [3.8, 4) is 0 Å². The summed E-state index contributed by atoms with van der Waals surface area (Å²) in [5.41, 5.74) is 1.57. The monoisotopic (exact) mass is 408 g/mol. The third-order valence-corrected chi connectivity index (χ3v) is 5.33. The van der Waals surface area contributed by atoms with E-state index in [0.717, 1.165) is 29.2 Å². The third kappa shape index (κ3) is 4.50. The van der Waals surface area contributed by atoms with Crippen molar-refractivity contribution in [2.75, 3.05) is 12.0 Å². The van der Waals surface area contributed by atoms with E-state index in [9.17, 15) is 4.79 Å². The lowest BCUT2D eigenvalue weighted by atomic mass is 10.1. The van der Waals surface area contributed by atoms with Gasteiger partial charge in [0.05, 0.1) is 22.5 Å². The number of aromatic nitrogens is 3. The van der Waals surface area contributed by atoms with Crippen LogP contribution in [0.5, 0.6) is 0 Å². The highest BCUT2D eigenvalue weighted by atomic mass is 35.5. The van der Waals surface area contributed by atoms with E-state index in [1.807, 2.05) is 35.1 Å². The molecule has 1 unspecified atom stereocenters. The maximum atomic E-state index is 12.6. The lowest BCUT2D eigenvalue weighted by molar-refractivity contribution is -0.121. The van der Waals surface area contributed by atoms with E-state index in [1.165, 1.54) is 0 Å². The average Bonchev–Trinajstić information content (AvgIpc) is 3.06. The molecule has 3 rings (SSSR count). The van der Waals surface area contributed by atoms with Gasteiger partial charge in [-0.05, 0) is 48.3 Å². The van der Waals surface area contributed by atoms with Gasteiger partial charge < -0.3 is 5.32 Å². The minimum Gasteiger partial charge on any atom is -0.346 e. The molecule has 26 heavy (non-hydrogen) atoms. The first-order chi connectivity index (χ1) is 12.6. The quantitative estimate of drug-likeness (QED) is 0.636. The molecule has 0 aliphatic rings. The summed E-state index contributed by atoms with van der Waals surface area (Å²) < 4.78 is 1.91. The van der Waals surface area contributed by atoms with Crippen LogP contribution in [0.15, 0.2) is 42.6 Å². The highest BCUT2D eigenvalue weighted by molar-refractivity contribution is 7.98. The van der Waals surface area contributed by atoms with E-state index >= 15 is 0 Å². The summed E-state index contributed by atoms with van der Waals surface area (Å²) in [6.07, 6.45) is 4.94. The van der Waals surface area contributed by atoms with Crippen LogP contribution in [0.2, 0.25) is 10.0 Å². The standard InChI is InChI=1S/C18H18Cl2N4OS/c1-26-9-7-15(18-23-22-16-4-2-3-8-24(16)18)21-17(25)11-12-5-6-13(19)14(20)10-12/h2-6,8,10,15H,7,9,11H2,1H3,(H,21,25). The average molecular weight is 409 g/mol. The maximum Gasteiger partial charge on any atom is 0.225 e. The lowest BCUT2D eigenvalue weighted by Crippen LogP contribution is -2.31. The van der Waals surface area contributed by atoms with Gasteiger partial charge >= 0.3 is 0 Å². The summed E-state index contributed by atoms with van der Waals surface area (Å²) in [6, 6.07) is 10.7. The number of thioether (sulfide) groups is 1. The molecule has 1 atom stereocenters. The van der Waals surface area contributed by atoms with E-state index in [4.69, 9.17) is 23.2 Å². The number of carbonyl (C=O) groups is 1. The van der Waals surface area contributed by atoms with Crippen molar-refractivity contribution >= 4 is 46.5 Å². The Balaban J connectivity index is 1.77. The maximum absolute atomic E-state index is 12.6. The largest absolute Gasteiger partial charge is 0.346 e. The minimum atomic E-state index is -0.213. The number of benzene rings is 1. The van der Waals surface area contributed by atoms with Crippen LogP contribution in [0.3, 0.4) is 0 Å². The van der Waals surface area contributed by atoms with Crippen LogP contribution in [0.1, 0.15) is 23.9 Å².